The molecule has 3 heterocycles. The quantitative estimate of drug-likeness (QED) is 0.605. The number of nitrogens with zero attached hydrogens (tertiary/aromatic N) is 3. The average molecular weight is 369 g/mol. The smallest absolute Gasteiger partial charge is 0.273 e. The molecule has 2 fully saturated rings. The fraction of sp³-hybridized carbons (Fsp3) is 0.474. The number of ether oxygens (including phenoxy) is 1. The van der Waals surface area contributed by atoms with Gasteiger partial charge in [-0.3, -0.25) is 19.8 Å². The number of nitro benzene ring substituents is 1. The molecule has 8 nitrogen and oxygen atoms in total. The molecule has 5 rings (SSSR count). The van der Waals surface area contributed by atoms with Crippen molar-refractivity contribution in [2.45, 2.75) is 30.7 Å². The first-order valence-corrected chi connectivity index (χ1v) is 9.16. The van der Waals surface area contributed by atoms with Crippen LogP contribution in [0.15, 0.2) is 28.8 Å². The zero-order chi connectivity index (χ0) is 18.7. The van der Waals surface area contributed by atoms with Gasteiger partial charge < -0.3 is 9.26 Å². The van der Waals surface area contributed by atoms with Crippen molar-refractivity contribution in [3.63, 3.8) is 0 Å². The number of benzene rings is 1. The lowest BCUT2D eigenvalue weighted by Crippen LogP contribution is -2.39. The fourth-order valence-electron chi connectivity index (χ4n) is 5.26. The molecule has 2 unspecified atom stereocenters. The van der Waals surface area contributed by atoms with Crippen LogP contribution < -0.4 is 4.74 Å². The summed E-state index contributed by atoms with van der Waals surface area (Å²) >= 11 is 0. The van der Waals surface area contributed by atoms with E-state index in [0.29, 0.717) is 29.2 Å². The SMILES string of the molecule is COc1noc2c1[C@H]1CCN3CC[C@@H](C1=O)C3[C@@H]2c1ccccc1[N+](=O)[O-]. The van der Waals surface area contributed by atoms with Gasteiger partial charge in [-0.1, -0.05) is 18.2 Å². The van der Waals surface area contributed by atoms with Gasteiger partial charge >= 0.3 is 0 Å². The van der Waals surface area contributed by atoms with E-state index in [0.717, 1.165) is 19.5 Å². The van der Waals surface area contributed by atoms with Crippen LogP contribution in [0.3, 0.4) is 0 Å². The number of ketones is 1. The van der Waals surface area contributed by atoms with Gasteiger partial charge in [0.05, 0.1) is 29.4 Å². The lowest BCUT2D eigenvalue weighted by atomic mass is 9.82. The van der Waals surface area contributed by atoms with Crippen molar-refractivity contribution in [1.82, 2.24) is 10.1 Å². The highest BCUT2D eigenvalue weighted by Gasteiger charge is 2.55. The number of fused-ring (bicyclic) bond motifs is 3. The minimum atomic E-state index is -0.417. The van der Waals surface area contributed by atoms with Crippen molar-refractivity contribution in [2.75, 3.05) is 20.2 Å². The molecular weight excluding hydrogens is 350 g/mol. The Morgan fingerprint density at radius 2 is 2.07 bits per heavy atom. The Morgan fingerprint density at radius 1 is 1.30 bits per heavy atom. The van der Waals surface area contributed by atoms with Gasteiger partial charge in [0.1, 0.15) is 5.78 Å². The average Bonchev–Trinajstić information content (AvgIpc) is 3.20. The van der Waals surface area contributed by atoms with Gasteiger partial charge in [-0.15, -0.1) is 0 Å². The summed E-state index contributed by atoms with van der Waals surface area (Å²) in [5.74, 6) is 0.143. The van der Waals surface area contributed by atoms with E-state index in [2.05, 4.69) is 10.1 Å². The largest absolute Gasteiger partial charge is 0.479 e. The highest BCUT2D eigenvalue weighted by Crippen LogP contribution is 2.53. The maximum atomic E-state index is 13.3. The zero-order valence-electron chi connectivity index (χ0n) is 14.8. The number of carbonyl (C=O) groups excluding carboxylic acids is 1. The van der Waals surface area contributed by atoms with E-state index in [-0.39, 0.29) is 34.3 Å². The summed E-state index contributed by atoms with van der Waals surface area (Å²) in [7, 11) is 1.50. The molecule has 0 radical (unpaired) electrons. The van der Waals surface area contributed by atoms with Crippen molar-refractivity contribution in [2.24, 2.45) is 5.92 Å². The number of Topliss-reactive ketones (excluding diaryl/α,β-unsaturated/α-hetero) is 1. The molecule has 0 N–H and O–H groups in total. The van der Waals surface area contributed by atoms with Gasteiger partial charge in [-0.25, -0.2) is 0 Å². The lowest BCUT2D eigenvalue weighted by molar-refractivity contribution is -0.385. The molecule has 0 spiro atoms. The highest BCUT2D eigenvalue weighted by atomic mass is 16.6. The Morgan fingerprint density at radius 3 is 2.85 bits per heavy atom. The second-order valence-corrected chi connectivity index (χ2v) is 7.43. The Bertz CT molecular complexity index is 939. The molecule has 8 heteroatoms. The summed E-state index contributed by atoms with van der Waals surface area (Å²) in [6.07, 6.45) is 1.47. The molecule has 5 atom stereocenters. The minimum absolute atomic E-state index is 0.0425. The number of hydrogen-bond donors (Lipinski definition) is 0. The Kier molecular flexibility index (Phi) is 3.58. The van der Waals surface area contributed by atoms with E-state index in [4.69, 9.17) is 9.26 Å². The minimum Gasteiger partial charge on any atom is -0.479 e. The maximum absolute atomic E-state index is 13.3. The van der Waals surface area contributed by atoms with Gasteiger partial charge in [0.2, 0.25) is 0 Å². The summed E-state index contributed by atoms with van der Waals surface area (Å²) in [5.41, 5.74) is 1.29. The Hall–Kier alpha value is -2.74. The molecule has 1 aromatic heterocycles. The first kappa shape index (κ1) is 16.4. The van der Waals surface area contributed by atoms with Crippen molar-refractivity contribution in [1.29, 1.82) is 0 Å². The van der Waals surface area contributed by atoms with Crippen molar-refractivity contribution < 1.29 is 19.0 Å². The third-order valence-corrected chi connectivity index (χ3v) is 6.33. The summed E-state index contributed by atoms with van der Waals surface area (Å²) < 4.78 is 11.1. The lowest BCUT2D eigenvalue weighted by Gasteiger charge is -2.32. The van der Waals surface area contributed by atoms with E-state index in [9.17, 15) is 14.9 Å². The van der Waals surface area contributed by atoms with Crippen LogP contribution in [0.5, 0.6) is 5.88 Å². The van der Waals surface area contributed by atoms with E-state index < -0.39 is 5.92 Å². The van der Waals surface area contributed by atoms with Crippen molar-refractivity contribution >= 4 is 11.5 Å². The number of methoxy groups -OCH3 is 1. The number of rotatable bonds is 3. The zero-order valence-corrected chi connectivity index (χ0v) is 14.8. The third-order valence-electron chi connectivity index (χ3n) is 6.33. The number of para-hydroxylation sites is 1. The van der Waals surface area contributed by atoms with Crippen LogP contribution in [0.2, 0.25) is 0 Å². The van der Waals surface area contributed by atoms with Crippen LogP contribution in [0.1, 0.15) is 41.6 Å². The van der Waals surface area contributed by atoms with Crippen LogP contribution in [-0.4, -0.2) is 47.0 Å². The van der Waals surface area contributed by atoms with Gasteiger partial charge in [0.25, 0.3) is 11.6 Å². The molecule has 140 valence electrons. The number of carbonyl (C=O) groups is 1. The second-order valence-electron chi connectivity index (χ2n) is 7.43. The van der Waals surface area contributed by atoms with E-state index >= 15 is 0 Å². The molecule has 2 saturated heterocycles. The van der Waals surface area contributed by atoms with Crippen LogP contribution in [-0.2, 0) is 4.79 Å². The van der Waals surface area contributed by atoms with Crippen molar-refractivity contribution in [3.8, 4) is 5.88 Å². The third kappa shape index (κ3) is 2.19. The summed E-state index contributed by atoms with van der Waals surface area (Å²) in [5, 5.41) is 15.7. The molecule has 27 heavy (non-hydrogen) atoms. The first-order valence-electron chi connectivity index (χ1n) is 9.16. The molecule has 0 amide bonds. The topological polar surface area (TPSA) is 98.7 Å². The molecule has 2 aromatic rings. The van der Waals surface area contributed by atoms with Crippen LogP contribution in [0.25, 0.3) is 0 Å². The summed E-state index contributed by atoms with van der Waals surface area (Å²) in [4.78, 5) is 26.9. The van der Waals surface area contributed by atoms with Crippen molar-refractivity contribution in [3.05, 3.63) is 51.3 Å². The Balaban J connectivity index is 1.80. The van der Waals surface area contributed by atoms with Crippen LogP contribution in [0, 0.1) is 16.0 Å². The number of hydrogen-bond acceptors (Lipinski definition) is 7. The van der Waals surface area contributed by atoms with Crippen LogP contribution in [0.4, 0.5) is 5.69 Å². The second kappa shape index (κ2) is 5.88. The molecule has 1 aliphatic carbocycles. The van der Waals surface area contributed by atoms with E-state index in [1.165, 1.54) is 13.2 Å². The monoisotopic (exact) mass is 369 g/mol. The van der Waals surface area contributed by atoms with Gasteiger partial charge in [-0.2, -0.15) is 0 Å². The van der Waals surface area contributed by atoms with Crippen LogP contribution >= 0.6 is 0 Å². The molecule has 1 aromatic carbocycles. The molecule has 3 aliphatic rings. The summed E-state index contributed by atoms with van der Waals surface area (Å²) in [6.45, 7) is 1.61. The number of aromatic nitrogens is 1. The van der Waals surface area contributed by atoms with E-state index in [1.807, 2.05) is 0 Å². The highest BCUT2D eigenvalue weighted by molar-refractivity contribution is 5.91. The number of nitro groups is 1. The molecular formula is C19H19N3O5. The maximum Gasteiger partial charge on any atom is 0.273 e. The standard InChI is InChI=1S/C19H19N3O5/c1-26-19-15-11-6-8-21-9-7-12(17(11)23)16(21)14(18(15)27-20-19)10-4-2-3-5-13(10)22(24)25/h2-5,11-12,14,16H,6-9H2,1H3/t11-,12-,14+,16?/m1/s1. The molecule has 2 aliphatic heterocycles. The normalized spacial score (nSPS) is 31.3. The van der Waals surface area contributed by atoms with Gasteiger partial charge in [0, 0.05) is 23.6 Å². The predicted octanol–water partition coefficient (Wildman–Crippen LogP) is 2.48. The molecule has 0 saturated carbocycles. The predicted molar refractivity (Wildman–Crippen MR) is 93.8 cm³/mol. The van der Waals surface area contributed by atoms with Gasteiger partial charge in [0.15, 0.2) is 5.76 Å². The van der Waals surface area contributed by atoms with Gasteiger partial charge in [-0.05, 0) is 31.1 Å². The Labute approximate surface area is 155 Å². The fourth-order valence-corrected chi connectivity index (χ4v) is 5.26. The molecule has 4 bridgehead atoms. The van der Waals surface area contributed by atoms with E-state index in [1.54, 1.807) is 18.2 Å². The summed E-state index contributed by atoms with van der Waals surface area (Å²) in [6, 6.07) is 6.57. The first-order chi connectivity index (χ1) is 13.1.